The molecule has 1 aromatic rings. The molecule has 2 nitrogen and oxygen atoms in total. The molecule has 0 aliphatic carbocycles. The van der Waals surface area contributed by atoms with E-state index in [0.29, 0.717) is 20.1 Å². The van der Waals surface area contributed by atoms with E-state index in [1.807, 2.05) is 28.1 Å². The van der Waals surface area contributed by atoms with Crippen LogP contribution in [0, 0.1) is 0 Å². The molecule has 0 aromatic heterocycles. The number of Topliss-reactive ketones (excluding diaryl/α,β-unsaturated/α-hetero) is 1. The summed E-state index contributed by atoms with van der Waals surface area (Å²) in [4.78, 5) is 12.2. The number of benzene rings is 1. The van der Waals surface area contributed by atoms with Gasteiger partial charge >= 0.3 is 0 Å². The SMILES string of the molecule is CC(C(=O)c1ccc(Cl)cc1Cl)[N+](C)(C)C.[I-]. The summed E-state index contributed by atoms with van der Waals surface area (Å²) in [6, 6.07) is 4.82. The van der Waals surface area contributed by atoms with Crippen molar-refractivity contribution in [2.24, 2.45) is 0 Å². The number of likely N-dealkylation sites (N-methyl/N-ethyl adjacent to an activating group) is 1. The Morgan fingerprint density at radius 1 is 1.24 bits per heavy atom. The Hall–Kier alpha value is 0.160. The van der Waals surface area contributed by atoms with Crippen LogP contribution < -0.4 is 24.0 Å². The van der Waals surface area contributed by atoms with Gasteiger partial charge in [0.15, 0.2) is 0 Å². The third-order valence-corrected chi connectivity index (χ3v) is 3.29. The molecule has 1 aromatic carbocycles. The monoisotopic (exact) mass is 387 g/mol. The van der Waals surface area contributed by atoms with Gasteiger partial charge in [-0.3, -0.25) is 4.79 Å². The van der Waals surface area contributed by atoms with Crippen LogP contribution >= 0.6 is 23.2 Å². The zero-order valence-electron chi connectivity index (χ0n) is 10.3. The van der Waals surface area contributed by atoms with Gasteiger partial charge in [-0.2, -0.15) is 0 Å². The van der Waals surface area contributed by atoms with E-state index in [-0.39, 0.29) is 35.8 Å². The lowest BCUT2D eigenvalue weighted by molar-refractivity contribution is -0.883. The molecule has 17 heavy (non-hydrogen) atoms. The van der Waals surface area contributed by atoms with Crippen LogP contribution in [0.2, 0.25) is 10.0 Å². The molecule has 0 saturated carbocycles. The predicted molar refractivity (Wildman–Crippen MR) is 68.3 cm³/mol. The maximum atomic E-state index is 12.2. The zero-order chi connectivity index (χ0) is 12.5. The van der Waals surface area contributed by atoms with Gasteiger partial charge in [-0.1, -0.05) is 23.2 Å². The fraction of sp³-hybridized carbons (Fsp3) is 0.417. The molecule has 1 unspecified atom stereocenters. The number of hydrogen-bond donors (Lipinski definition) is 0. The minimum Gasteiger partial charge on any atom is -1.00 e. The van der Waals surface area contributed by atoms with E-state index in [9.17, 15) is 4.79 Å². The summed E-state index contributed by atoms with van der Waals surface area (Å²) < 4.78 is 0.567. The van der Waals surface area contributed by atoms with Crippen molar-refractivity contribution in [3.63, 3.8) is 0 Å². The average Bonchev–Trinajstić information content (AvgIpc) is 2.14. The molecule has 1 atom stereocenters. The van der Waals surface area contributed by atoms with Gasteiger partial charge in [-0.05, 0) is 25.1 Å². The van der Waals surface area contributed by atoms with Crippen molar-refractivity contribution in [2.75, 3.05) is 21.1 Å². The quantitative estimate of drug-likeness (QED) is 0.413. The molecule has 0 heterocycles. The third kappa shape index (κ3) is 4.39. The third-order valence-electron chi connectivity index (χ3n) is 2.74. The zero-order valence-corrected chi connectivity index (χ0v) is 14.0. The minimum absolute atomic E-state index is 0. The van der Waals surface area contributed by atoms with Crippen molar-refractivity contribution in [1.82, 2.24) is 0 Å². The van der Waals surface area contributed by atoms with E-state index in [2.05, 4.69) is 0 Å². The van der Waals surface area contributed by atoms with Crippen molar-refractivity contribution in [3.05, 3.63) is 33.8 Å². The summed E-state index contributed by atoms with van der Waals surface area (Å²) >= 11 is 11.8. The van der Waals surface area contributed by atoms with Gasteiger partial charge < -0.3 is 28.5 Å². The largest absolute Gasteiger partial charge is 1.00 e. The first-order chi connectivity index (χ1) is 7.23. The van der Waals surface area contributed by atoms with E-state index in [4.69, 9.17) is 23.2 Å². The molecule has 0 spiro atoms. The Morgan fingerprint density at radius 2 is 1.76 bits per heavy atom. The second-order valence-corrected chi connectivity index (χ2v) is 5.62. The molecular weight excluding hydrogens is 372 g/mol. The smallest absolute Gasteiger partial charge is 0.221 e. The van der Waals surface area contributed by atoms with Crippen molar-refractivity contribution >= 4 is 29.0 Å². The number of ketones is 1. The number of halogens is 3. The normalized spacial score (nSPS) is 12.8. The first kappa shape index (κ1) is 17.2. The second kappa shape index (κ2) is 6.36. The Labute approximate surface area is 130 Å². The topological polar surface area (TPSA) is 17.1 Å². The van der Waals surface area contributed by atoms with E-state index < -0.39 is 0 Å². The lowest BCUT2D eigenvalue weighted by Crippen LogP contribution is -3.00. The van der Waals surface area contributed by atoms with Crippen LogP contribution in [0.5, 0.6) is 0 Å². The van der Waals surface area contributed by atoms with Crippen LogP contribution in [-0.2, 0) is 0 Å². The van der Waals surface area contributed by atoms with Crippen LogP contribution in [0.4, 0.5) is 0 Å². The van der Waals surface area contributed by atoms with E-state index in [0.717, 1.165) is 0 Å². The fourth-order valence-electron chi connectivity index (χ4n) is 1.27. The van der Waals surface area contributed by atoms with Gasteiger partial charge in [0, 0.05) is 10.6 Å². The maximum Gasteiger partial charge on any atom is 0.221 e. The second-order valence-electron chi connectivity index (χ2n) is 4.78. The maximum absolute atomic E-state index is 12.2. The van der Waals surface area contributed by atoms with Crippen LogP contribution in [0.1, 0.15) is 17.3 Å². The van der Waals surface area contributed by atoms with Crippen LogP contribution in [-0.4, -0.2) is 37.5 Å². The molecule has 0 radical (unpaired) electrons. The highest BCUT2D eigenvalue weighted by molar-refractivity contribution is 6.37. The first-order valence-electron chi connectivity index (χ1n) is 5.04. The molecule has 96 valence electrons. The van der Waals surface area contributed by atoms with E-state index in [1.54, 1.807) is 18.2 Å². The predicted octanol–water partition coefficient (Wildman–Crippen LogP) is 0.275. The van der Waals surface area contributed by atoms with Crippen molar-refractivity contribution in [2.45, 2.75) is 13.0 Å². The summed E-state index contributed by atoms with van der Waals surface area (Å²) in [7, 11) is 5.94. The highest BCUT2D eigenvalue weighted by Gasteiger charge is 2.28. The highest BCUT2D eigenvalue weighted by atomic mass is 127. The van der Waals surface area contributed by atoms with E-state index >= 15 is 0 Å². The van der Waals surface area contributed by atoms with Crippen LogP contribution in [0.25, 0.3) is 0 Å². The highest BCUT2D eigenvalue weighted by Crippen LogP contribution is 2.23. The summed E-state index contributed by atoms with van der Waals surface area (Å²) in [6.45, 7) is 1.90. The average molecular weight is 388 g/mol. The molecule has 5 heteroatoms. The summed E-state index contributed by atoms with van der Waals surface area (Å²) in [6.07, 6.45) is 0. The lowest BCUT2D eigenvalue weighted by atomic mass is 10.0. The molecule has 0 aliphatic rings. The van der Waals surface area contributed by atoms with Crippen LogP contribution in [0.3, 0.4) is 0 Å². The molecule has 0 saturated heterocycles. The van der Waals surface area contributed by atoms with Gasteiger partial charge in [0.1, 0.15) is 6.04 Å². The van der Waals surface area contributed by atoms with Crippen molar-refractivity contribution in [1.29, 1.82) is 0 Å². The van der Waals surface area contributed by atoms with Gasteiger partial charge in [0.2, 0.25) is 5.78 Å². The van der Waals surface area contributed by atoms with Gasteiger partial charge in [0.05, 0.1) is 26.2 Å². The molecule has 0 amide bonds. The molecule has 1 rings (SSSR count). The fourth-order valence-corrected chi connectivity index (χ4v) is 1.77. The summed E-state index contributed by atoms with van der Waals surface area (Å²) in [5.74, 6) is 0.0363. The van der Waals surface area contributed by atoms with Gasteiger partial charge in [0.25, 0.3) is 0 Å². The number of carbonyl (C=O) groups is 1. The van der Waals surface area contributed by atoms with Crippen molar-refractivity contribution < 1.29 is 33.3 Å². The number of rotatable bonds is 3. The standard InChI is InChI=1S/C12H16Cl2NO.HI/c1-8(15(2,3)4)12(16)10-6-5-9(13)7-11(10)14;/h5-8H,1-4H3;1H/q+1;/p-1. The minimum atomic E-state index is -0.140. The van der Waals surface area contributed by atoms with Gasteiger partial charge in [-0.25, -0.2) is 0 Å². The number of quaternary nitrogens is 1. The number of hydrogen-bond acceptors (Lipinski definition) is 1. The number of carbonyl (C=O) groups excluding carboxylic acids is 1. The first-order valence-corrected chi connectivity index (χ1v) is 5.79. The summed E-state index contributed by atoms with van der Waals surface area (Å²) in [5, 5.41) is 0.956. The van der Waals surface area contributed by atoms with Gasteiger partial charge in [-0.15, -0.1) is 0 Å². The molecular formula is C12H16Cl2INO. The van der Waals surface area contributed by atoms with E-state index in [1.165, 1.54) is 0 Å². The molecule has 0 aliphatic heterocycles. The molecule has 0 fully saturated rings. The summed E-state index contributed by atoms with van der Waals surface area (Å²) in [5.41, 5.74) is 0.534. The molecule has 0 N–H and O–H groups in total. The molecule has 0 bridgehead atoms. The Morgan fingerprint density at radius 3 is 2.18 bits per heavy atom. The lowest BCUT2D eigenvalue weighted by Gasteiger charge is -2.30. The Kier molecular flexibility index (Phi) is 6.42. The number of nitrogens with zero attached hydrogens (tertiary/aromatic N) is 1. The Bertz CT molecular complexity index is 415. The van der Waals surface area contributed by atoms with Crippen molar-refractivity contribution in [3.8, 4) is 0 Å². The van der Waals surface area contributed by atoms with Crippen LogP contribution in [0.15, 0.2) is 18.2 Å². The Balaban J connectivity index is 0.00000256.